The van der Waals surface area contributed by atoms with Crippen LogP contribution in [-0.4, -0.2) is 23.9 Å². The van der Waals surface area contributed by atoms with Gasteiger partial charge < -0.3 is 10.1 Å². The number of aromatic nitrogens is 1. The molecule has 86 valence electrons. The Morgan fingerprint density at radius 1 is 1.75 bits per heavy atom. The maximum Gasteiger partial charge on any atom is 0.247 e. The average Bonchev–Trinajstić information content (AvgIpc) is 2.24. The lowest BCUT2D eigenvalue weighted by Crippen LogP contribution is -2.56. The van der Waals surface area contributed by atoms with Gasteiger partial charge >= 0.3 is 0 Å². The summed E-state index contributed by atoms with van der Waals surface area (Å²) in [6.07, 6.45) is -0.153. The predicted molar refractivity (Wildman–Crippen MR) is 55.6 cm³/mol. The molecule has 1 amide bonds. The first-order valence-electron chi connectivity index (χ1n) is 4.71. The van der Waals surface area contributed by atoms with Crippen molar-refractivity contribution >= 4 is 17.5 Å². The third-order valence-electron chi connectivity index (χ3n) is 2.54. The number of hydrogen-bond acceptors (Lipinski definition) is 3. The quantitative estimate of drug-likeness (QED) is 0.760. The van der Waals surface area contributed by atoms with Crippen LogP contribution in [0.5, 0.6) is 0 Å². The van der Waals surface area contributed by atoms with E-state index in [1.165, 1.54) is 12.3 Å². The van der Waals surface area contributed by atoms with E-state index >= 15 is 0 Å². The van der Waals surface area contributed by atoms with Crippen LogP contribution in [0.4, 0.5) is 4.39 Å². The number of morpholine rings is 1. The van der Waals surface area contributed by atoms with Gasteiger partial charge in [-0.2, -0.15) is 0 Å². The maximum absolute atomic E-state index is 13.7. The third kappa shape index (κ3) is 1.88. The SMILES string of the molecule is CC1(c2ccnc(Cl)c2)NC(=O)COC1F. The summed E-state index contributed by atoms with van der Waals surface area (Å²) >= 11 is 5.72. The highest BCUT2D eigenvalue weighted by Crippen LogP contribution is 2.30. The van der Waals surface area contributed by atoms with E-state index in [0.717, 1.165) is 0 Å². The molecule has 2 unspecified atom stereocenters. The van der Waals surface area contributed by atoms with Gasteiger partial charge in [0.1, 0.15) is 17.3 Å². The number of amides is 1. The average molecular weight is 245 g/mol. The molecule has 0 saturated carbocycles. The van der Waals surface area contributed by atoms with E-state index in [2.05, 4.69) is 10.3 Å². The molecule has 0 radical (unpaired) electrons. The van der Waals surface area contributed by atoms with E-state index in [1.807, 2.05) is 0 Å². The van der Waals surface area contributed by atoms with Crippen molar-refractivity contribution in [2.24, 2.45) is 0 Å². The van der Waals surface area contributed by atoms with Crippen LogP contribution in [0.25, 0.3) is 0 Å². The van der Waals surface area contributed by atoms with Crippen LogP contribution in [0.15, 0.2) is 18.3 Å². The number of alkyl halides is 1. The van der Waals surface area contributed by atoms with Crippen molar-refractivity contribution in [1.82, 2.24) is 10.3 Å². The summed E-state index contributed by atoms with van der Waals surface area (Å²) in [5.74, 6) is -0.357. The van der Waals surface area contributed by atoms with Gasteiger partial charge in [-0.15, -0.1) is 0 Å². The minimum absolute atomic E-state index is 0.241. The Morgan fingerprint density at radius 2 is 2.50 bits per heavy atom. The van der Waals surface area contributed by atoms with Gasteiger partial charge in [-0.1, -0.05) is 11.6 Å². The Balaban J connectivity index is 2.39. The molecule has 1 aromatic rings. The number of hydrogen-bond donors (Lipinski definition) is 1. The molecule has 0 aromatic carbocycles. The molecule has 1 aromatic heterocycles. The normalized spacial score (nSPS) is 29.9. The molecule has 1 aliphatic heterocycles. The van der Waals surface area contributed by atoms with Crippen molar-refractivity contribution in [2.75, 3.05) is 6.61 Å². The van der Waals surface area contributed by atoms with Crippen molar-refractivity contribution < 1.29 is 13.9 Å². The van der Waals surface area contributed by atoms with Crippen molar-refractivity contribution in [2.45, 2.75) is 18.8 Å². The molecule has 1 aliphatic rings. The van der Waals surface area contributed by atoms with E-state index in [-0.39, 0.29) is 17.7 Å². The van der Waals surface area contributed by atoms with Crippen LogP contribution in [0.2, 0.25) is 5.15 Å². The number of carbonyl (C=O) groups is 1. The Labute approximate surface area is 96.8 Å². The second-order valence-electron chi connectivity index (χ2n) is 3.74. The van der Waals surface area contributed by atoms with Crippen LogP contribution in [0.3, 0.4) is 0 Å². The Bertz CT molecular complexity index is 429. The second kappa shape index (κ2) is 3.99. The van der Waals surface area contributed by atoms with Crippen LogP contribution in [-0.2, 0) is 15.1 Å². The van der Waals surface area contributed by atoms with Crippen molar-refractivity contribution in [3.8, 4) is 0 Å². The first-order chi connectivity index (χ1) is 7.52. The van der Waals surface area contributed by atoms with E-state index in [1.54, 1.807) is 13.0 Å². The summed E-state index contributed by atoms with van der Waals surface area (Å²) in [5, 5.41) is 2.80. The molecular formula is C10H10ClFN2O2. The molecular weight excluding hydrogens is 235 g/mol. The second-order valence-corrected chi connectivity index (χ2v) is 4.13. The fraction of sp³-hybridized carbons (Fsp3) is 0.400. The summed E-state index contributed by atoms with van der Waals surface area (Å²) in [7, 11) is 0. The fourth-order valence-electron chi connectivity index (χ4n) is 1.63. The first kappa shape index (κ1) is 11.3. The summed E-state index contributed by atoms with van der Waals surface area (Å²) in [6, 6.07) is 3.09. The summed E-state index contributed by atoms with van der Waals surface area (Å²) in [5.41, 5.74) is -0.699. The van der Waals surface area contributed by atoms with Gasteiger partial charge in [0, 0.05) is 6.20 Å². The molecule has 1 N–H and O–H groups in total. The highest BCUT2D eigenvalue weighted by molar-refractivity contribution is 6.29. The van der Waals surface area contributed by atoms with Crippen LogP contribution in [0, 0.1) is 0 Å². The zero-order valence-corrected chi connectivity index (χ0v) is 9.29. The summed E-state index contributed by atoms with van der Waals surface area (Å²) < 4.78 is 18.5. The first-order valence-corrected chi connectivity index (χ1v) is 5.09. The Kier molecular flexibility index (Phi) is 2.82. The van der Waals surface area contributed by atoms with Gasteiger partial charge in [0.2, 0.25) is 12.3 Å². The summed E-state index contributed by atoms with van der Waals surface area (Å²) in [6.45, 7) is 1.27. The molecule has 0 spiro atoms. The Hall–Kier alpha value is -1.20. The smallest absolute Gasteiger partial charge is 0.247 e. The van der Waals surface area contributed by atoms with E-state index in [9.17, 15) is 9.18 Å². The largest absolute Gasteiger partial charge is 0.340 e. The number of nitrogens with zero attached hydrogens (tertiary/aromatic N) is 1. The van der Waals surface area contributed by atoms with Gasteiger partial charge in [0.15, 0.2) is 0 Å². The van der Waals surface area contributed by atoms with Gasteiger partial charge in [-0.05, 0) is 24.6 Å². The van der Waals surface area contributed by atoms with E-state index < -0.39 is 11.9 Å². The molecule has 1 saturated heterocycles. The minimum atomic E-state index is -1.61. The molecule has 2 atom stereocenters. The molecule has 2 rings (SSSR count). The van der Waals surface area contributed by atoms with Crippen molar-refractivity contribution in [3.63, 3.8) is 0 Å². The third-order valence-corrected chi connectivity index (χ3v) is 2.75. The topological polar surface area (TPSA) is 51.2 Å². The fourth-order valence-corrected chi connectivity index (χ4v) is 1.80. The molecule has 16 heavy (non-hydrogen) atoms. The number of nitrogens with one attached hydrogen (secondary N) is 1. The van der Waals surface area contributed by atoms with Crippen molar-refractivity contribution in [3.05, 3.63) is 29.0 Å². The molecule has 1 fully saturated rings. The van der Waals surface area contributed by atoms with Gasteiger partial charge in [-0.25, -0.2) is 9.37 Å². The maximum atomic E-state index is 13.7. The standard InChI is InChI=1S/C10H10ClFN2O2/c1-10(6-2-3-13-7(11)4-6)9(12)16-5-8(15)14-10/h2-4,9H,5H2,1H3,(H,14,15). The van der Waals surface area contributed by atoms with Crippen molar-refractivity contribution in [1.29, 1.82) is 0 Å². The minimum Gasteiger partial charge on any atom is -0.340 e. The number of halogens is 2. The zero-order valence-electron chi connectivity index (χ0n) is 8.54. The summed E-state index contributed by atoms with van der Waals surface area (Å²) in [4.78, 5) is 15.0. The lowest BCUT2D eigenvalue weighted by molar-refractivity contribution is -0.162. The van der Waals surface area contributed by atoms with E-state index in [4.69, 9.17) is 16.3 Å². The van der Waals surface area contributed by atoms with Crippen LogP contribution in [0.1, 0.15) is 12.5 Å². The lowest BCUT2D eigenvalue weighted by Gasteiger charge is -2.37. The molecule has 0 aliphatic carbocycles. The highest BCUT2D eigenvalue weighted by Gasteiger charge is 2.42. The number of carbonyl (C=O) groups excluding carboxylic acids is 1. The highest BCUT2D eigenvalue weighted by atomic mass is 35.5. The van der Waals surface area contributed by atoms with Gasteiger partial charge in [0.05, 0.1) is 0 Å². The Morgan fingerprint density at radius 3 is 3.19 bits per heavy atom. The number of rotatable bonds is 1. The lowest BCUT2D eigenvalue weighted by atomic mass is 9.91. The zero-order chi connectivity index (χ0) is 11.8. The molecule has 4 nitrogen and oxygen atoms in total. The van der Waals surface area contributed by atoms with Crippen LogP contribution < -0.4 is 5.32 Å². The van der Waals surface area contributed by atoms with E-state index in [0.29, 0.717) is 5.56 Å². The predicted octanol–water partition coefficient (Wildman–Crippen LogP) is 1.39. The molecule has 6 heteroatoms. The molecule has 0 bridgehead atoms. The van der Waals surface area contributed by atoms with Gasteiger partial charge in [-0.3, -0.25) is 4.79 Å². The molecule has 2 heterocycles. The van der Waals surface area contributed by atoms with Gasteiger partial charge in [0.25, 0.3) is 0 Å². The number of ether oxygens (including phenoxy) is 1. The van der Waals surface area contributed by atoms with Crippen LogP contribution >= 0.6 is 11.6 Å². The number of pyridine rings is 1. The monoisotopic (exact) mass is 244 g/mol.